The lowest BCUT2D eigenvalue weighted by atomic mass is 10.0. The number of aliphatic hydroxyl groups is 1. The Morgan fingerprint density at radius 1 is 1.15 bits per heavy atom. The van der Waals surface area contributed by atoms with E-state index in [0.29, 0.717) is 39.9 Å². The summed E-state index contributed by atoms with van der Waals surface area (Å²) in [5, 5.41) is 32.6. The Morgan fingerprint density at radius 3 is 2.72 bits per heavy atom. The molecule has 0 radical (unpaired) electrons. The molecule has 2 saturated heterocycles. The highest BCUT2D eigenvalue weighted by molar-refractivity contribution is 7.99. The molecule has 7 rings (SSSR count). The van der Waals surface area contributed by atoms with E-state index in [1.54, 1.807) is 57.7 Å². The number of fused-ring (bicyclic) bond motifs is 1. The molecule has 0 aliphatic carbocycles. The third-order valence-corrected chi connectivity index (χ3v) is 9.34. The van der Waals surface area contributed by atoms with Crippen LogP contribution in [0.2, 0.25) is 0 Å². The first-order chi connectivity index (χ1) is 22.8. The van der Waals surface area contributed by atoms with Crippen molar-refractivity contribution in [1.82, 2.24) is 44.3 Å². The Morgan fingerprint density at radius 2 is 1.98 bits per heavy atom. The van der Waals surface area contributed by atoms with Crippen molar-refractivity contribution in [3.63, 3.8) is 0 Å². The summed E-state index contributed by atoms with van der Waals surface area (Å²) in [6.07, 6.45) is 9.25. The van der Waals surface area contributed by atoms with Gasteiger partial charge in [-0.05, 0) is 37.1 Å². The van der Waals surface area contributed by atoms with Gasteiger partial charge >= 0.3 is 6.61 Å². The summed E-state index contributed by atoms with van der Waals surface area (Å²) in [6.45, 7) is 4.95. The number of benzene rings is 1. The summed E-state index contributed by atoms with van der Waals surface area (Å²) >= 11 is 1.59. The molecule has 1 unspecified atom stereocenters. The molecule has 4 aromatic heterocycles. The van der Waals surface area contributed by atoms with Crippen molar-refractivity contribution in [3.8, 4) is 17.0 Å². The smallest absolute Gasteiger partial charge is 0.387 e. The van der Waals surface area contributed by atoms with E-state index in [2.05, 4.69) is 44.5 Å². The average molecular weight is 667 g/mol. The van der Waals surface area contributed by atoms with Crippen LogP contribution in [0, 0.1) is 0 Å². The van der Waals surface area contributed by atoms with Crippen molar-refractivity contribution in [3.05, 3.63) is 66.5 Å². The first kappa shape index (κ1) is 31.5. The minimum Gasteiger partial charge on any atom is -0.434 e. The number of hydrogen-bond acceptors (Lipinski definition) is 11. The van der Waals surface area contributed by atoms with Crippen LogP contribution in [0.15, 0.2) is 60.1 Å². The van der Waals surface area contributed by atoms with Gasteiger partial charge in [0.15, 0.2) is 11.9 Å². The van der Waals surface area contributed by atoms with Crippen LogP contribution >= 0.6 is 11.8 Å². The Labute approximate surface area is 273 Å². The molecular weight excluding hydrogens is 630 g/mol. The van der Waals surface area contributed by atoms with E-state index in [-0.39, 0.29) is 23.6 Å². The lowest BCUT2D eigenvalue weighted by molar-refractivity contribution is -0.0734. The zero-order valence-corrected chi connectivity index (χ0v) is 26.8. The third kappa shape index (κ3) is 6.95. The van der Waals surface area contributed by atoms with Gasteiger partial charge in [-0.25, -0.2) is 14.2 Å². The fourth-order valence-corrected chi connectivity index (χ4v) is 6.87. The van der Waals surface area contributed by atoms with Gasteiger partial charge in [0, 0.05) is 47.4 Å². The number of halogens is 2. The van der Waals surface area contributed by atoms with Crippen LogP contribution in [0.4, 0.5) is 14.5 Å². The molecule has 2 fully saturated rings. The van der Waals surface area contributed by atoms with Gasteiger partial charge in [-0.3, -0.25) is 9.58 Å². The third-order valence-electron chi connectivity index (χ3n) is 8.34. The molecule has 0 spiro atoms. The second-order valence-electron chi connectivity index (χ2n) is 12.0. The van der Waals surface area contributed by atoms with E-state index in [1.165, 1.54) is 12.3 Å². The van der Waals surface area contributed by atoms with E-state index in [9.17, 15) is 13.9 Å². The van der Waals surface area contributed by atoms with Crippen molar-refractivity contribution < 1.29 is 23.4 Å². The number of alkyl halides is 2. The standard InChI is InChI=1S/C31H36F2N10O3S/c1-19(2)47-23-4-5-27(46-31(32)33)24(12-23)28-26(36-30(44)25-13-35-42-9-3-8-34-29(25)42)16-41(38-28)14-20-15-43(39-37-20)21-6-10-40(11-7-21)22-17-45-18-22/h3-5,8-9,12-13,15-16,19,21-22,30-31,36,44H,6-7,10-11,14,17-18H2,1-2H3. The predicted molar refractivity (Wildman–Crippen MR) is 170 cm³/mol. The van der Waals surface area contributed by atoms with E-state index in [0.717, 1.165) is 44.0 Å². The summed E-state index contributed by atoms with van der Waals surface area (Å²) in [5.74, 6) is -0.0284. The summed E-state index contributed by atoms with van der Waals surface area (Å²) < 4.78 is 42.5. The van der Waals surface area contributed by atoms with Crippen LogP contribution in [0.1, 0.15) is 50.2 Å². The molecule has 47 heavy (non-hydrogen) atoms. The second-order valence-corrected chi connectivity index (χ2v) is 13.6. The largest absolute Gasteiger partial charge is 0.434 e. The first-order valence-corrected chi connectivity index (χ1v) is 16.5. The van der Waals surface area contributed by atoms with Crippen LogP contribution in [0.5, 0.6) is 5.75 Å². The van der Waals surface area contributed by atoms with E-state index < -0.39 is 12.8 Å². The van der Waals surface area contributed by atoms with Crippen molar-refractivity contribution in [2.45, 2.75) is 68.3 Å². The lowest BCUT2D eigenvalue weighted by Gasteiger charge is -2.41. The summed E-state index contributed by atoms with van der Waals surface area (Å²) in [4.78, 5) is 7.69. The van der Waals surface area contributed by atoms with Crippen molar-refractivity contribution in [2.24, 2.45) is 0 Å². The summed E-state index contributed by atoms with van der Waals surface area (Å²) in [6, 6.07) is 7.57. The number of rotatable bonds is 12. The van der Waals surface area contributed by atoms with Gasteiger partial charge in [-0.2, -0.15) is 19.0 Å². The molecule has 1 atom stereocenters. The maximum atomic E-state index is 13.6. The van der Waals surface area contributed by atoms with E-state index >= 15 is 0 Å². The molecule has 1 aromatic carbocycles. The van der Waals surface area contributed by atoms with Crippen LogP contribution in [0.25, 0.3) is 16.9 Å². The van der Waals surface area contributed by atoms with Crippen LogP contribution in [0.3, 0.4) is 0 Å². The number of anilines is 1. The topological polar surface area (TPSA) is 133 Å². The fraction of sp³-hybridized carbons (Fsp3) is 0.452. The van der Waals surface area contributed by atoms with Crippen molar-refractivity contribution in [2.75, 3.05) is 31.6 Å². The SMILES string of the molecule is CC(C)Sc1ccc(OC(F)F)c(-c2nn(Cc3cn(C4CCN(C5COC5)CC4)nn3)cc2NC(O)c2cnn3cccnc23)c1. The van der Waals surface area contributed by atoms with E-state index in [4.69, 9.17) is 14.6 Å². The maximum Gasteiger partial charge on any atom is 0.387 e. The van der Waals surface area contributed by atoms with Crippen LogP contribution in [-0.2, 0) is 11.3 Å². The Hall–Kier alpha value is -4.12. The molecule has 248 valence electrons. The summed E-state index contributed by atoms with van der Waals surface area (Å²) in [5.41, 5.74) is 2.70. The zero-order valence-electron chi connectivity index (χ0n) is 26.0. The highest BCUT2D eigenvalue weighted by atomic mass is 32.2. The number of aliphatic hydroxyl groups excluding tert-OH is 1. The van der Waals surface area contributed by atoms with Gasteiger partial charge < -0.3 is 19.9 Å². The van der Waals surface area contributed by atoms with Gasteiger partial charge in [-0.15, -0.1) is 16.9 Å². The Balaban J connectivity index is 1.18. The highest BCUT2D eigenvalue weighted by Crippen LogP contribution is 2.39. The molecule has 0 amide bonds. The zero-order chi connectivity index (χ0) is 32.5. The molecule has 0 bridgehead atoms. The van der Waals surface area contributed by atoms with Crippen molar-refractivity contribution >= 4 is 23.1 Å². The first-order valence-electron chi connectivity index (χ1n) is 15.6. The molecule has 6 heterocycles. The Bertz CT molecular complexity index is 1820. The second kappa shape index (κ2) is 13.5. The van der Waals surface area contributed by atoms with Gasteiger partial charge in [0.1, 0.15) is 17.1 Å². The Kier molecular flexibility index (Phi) is 9.07. The van der Waals surface area contributed by atoms with Crippen LogP contribution < -0.4 is 10.1 Å². The molecule has 13 nitrogen and oxygen atoms in total. The van der Waals surface area contributed by atoms with Gasteiger partial charge in [0.05, 0.1) is 55.5 Å². The molecule has 16 heteroatoms. The highest BCUT2D eigenvalue weighted by Gasteiger charge is 2.30. The van der Waals surface area contributed by atoms with Gasteiger partial charge in [0.2, 0.25) is 0 Å². The van der Waals surface area contributed by atoms with Gasteiger partial charge in [0.25, 0.3) is 0 Å². The normalized spacial score (nSPS) is 17.1. The molecule has 5 aromatic rings. The minimum absolute atomic E-state index is 0.0284. The molecule has 0 saturated carbocycles. The molecule has 2 aliphatic rings. The number of nitrogens with zero attached hydrogens (tertiary/aromatic N) is 9. The number of piperidine rings is 1. The molecule has 2 aliphatic heterocycles. The minimum atomic E-state index is -3.03. The van der Waals surface area contributed by atoms with Gasteiger partial charge in [-0.1, -0.05) is 19.1 Å². The molecular formula is C31H36F2N10O3S. The number of aromatic nitrogens is 8. The number of likely N-dealkylation sites (tertiary alicyclic amines) is 1. The number of thioether (sulfide) groups is 1. The predicted octanol–water partition coefficient (Wildman–Crippen LogP) is 4.47. The molecule has 2 N–H and O–H groups in total. The average Bonchev–Trinajstić information content (AvgIpc) is 3.76. The maximum absolute atomic E-state index is 13.6. The number of nitrogens with one attached hydrogen (secondary N) is 1. The number of ether oxygens (including phenoxy) is 2. The fourth-order valence-electron chi connectivity index (χ4n) is 5.99. The summed E-state index contributed by atoms with van der Waals surface area (Å²) in [7, 11) is 0. The quantitative estimate of drug-likeness (QED) is 0.144. The van der Waals surface area contributed by atoms with E-state index in [1.807, 2.05) is 10.9 Å². The number of hydrogen-bond donors (Lipinski definition) is 2. The van der Waals surface area contributed by atoms with Crippen molar-refractivity contribution in [1.29, 1.82) is 0 Å². The van der Waals surface area contributed by atoms with Crippen LogP contribution in [-0.4, -0.2) is 93.6 Å². The lowest BCUT2D eigenvalue weighted by Crippen LogP contribution is -2.51. The monoisotopic (exact) mass is 666 g/mol.